The smallest absolute Gasteiger partial charge is 0.319 e. The number of amides is 3. The minimum absolute atomic E-state index is 0.250. The number of hydrogen-bond acceptors (Lipinski definition) is 4. The fraction of sp³-hybridized carbons (Fsp3) is 0.259. The molecule has 0 radical (unpaired) electrons. The Balaban J connectivity index is 1.41. The van der Waals surface area contributed by atoms with Crippen molar-refractivity contribution in [1.29, 1.82) is 0 Å². The molecule has 7 nitrogen and oxygen atoms in total. The maximum atomic E-state index is 12.7. The van der Waals surface area contributed by atoms with Gasteiger partial charge in [0.1, 0.15) is 0 Å². The van der Waals surface area contributed by atoms with Crippen LogP contribution < -0.4 is 21.7 Å². The van der Waals surface area contributed by atoms with Gasteiger partial charge in [-0.2, -0.15) is 0 Å². The average molecular weight is 459 g/mol. The molecule has 0 aromatic heterocycles. The van der Waals surface area contributed by atoms with Crippen molar-refractivity contribution in [2.24, 2.45) is 0 Å². The number of nitrogen functional groups attached to an aromatic ring is 1. The van der Waals surface area contributed by atoms with Gasteiger partial charge in [-0.3, -0.25) is 4.79 Å². The zero-order chi connectivity index (χ0) is 23.9. The summed E-state index contributed by atoms with van der Waals surface area (Å²) in [5.41, 5.74) is 11.8. The van der Waals surface area contributed by atoms with Gasteiger partial charge >= 0.3 is 6.03 Å². The number of nitrogens with one attached hydrogen (secondary N) is 3. The molecule has 34 heavy (non-hydrogen) atoms. The number of hydrogen-bond donors (Lipinski definition) is 4. The Bertz CT molecular complexity index is 1160. The number of aryl methyl sites for hydroxylation is 2. The summed E-state index contributed by atoms with van der Waals surface area (Å²) in [6, 6.07) is 19.8. The number of fused-ring (bicyclic) bond motifs is 1. The number of anilines is 3. The van der Waals surface area contributed by atoms with Crippen molar-refractivity contribution in [1.82, 2.24) is 5.32 Å². The summed E-state index contributed by atoms with van der Waals surface area (Å²) in [7, 11) is 1.63. The molecule has 4 rings (SSSR count). The summed E-state index contributed by atoms with van der Waals surface area (Å²) in [5.74, 6) is -0.250. The van der Waals surface area contributed by atoms with Gasteiger partial charge in [-0.15, -0.1) is 0 Å². The van der Waals surface area contributed by atoms with E-state index in [1.165, 1.54) is 11.1 Å². The molecule has 176 valence electrons. The van der Waals surface area contributed by atoms with E-state index >= 15 is 0 Å². The van der Waals surface area contributed by atoms with Crippen LogP contribution in [-0.4, -0.2) is 25.7 Å². The lowest BCUT2D eigenvalue weighted by atomic mass is 10.0. The van der Waals surface area contributed by atoms with Crippen LogP contribution in [-0.2, 0) is 17.6 Å². The van der Waals surface area contributed by atoms with Crippen LogP contribution in [0.2, 0.25) is 0 Å². The lowest BCUT2D eigenvalue weighted by Crippen LogP contribution is -2.33. The van der Waals surface area contributed by atoms with Crippen molar-refractivity contribution in [3.05, 3.63) is 89.0 Å². The third-order valence-electron chi connectivity index (χ3n) is 6.06. The van der Waals surface area contributed by atoms with E-state index in [-0.39, 0.29) is 18.0 Å². The normalized spacial score (nSPS) is 13.1. The summed E-state index contributed by atoms with van der Waals surface area (Å²) >= 11 is 0. The second-order valence-electron chi connectivity index (χ2n) is 8.43. The van der Waals surface area contributed by atoms with Gasteiger partial charge in [-0.25, -0.2) is 4.79 Å². The molecule has 0 saturated carbocycles. The quantitative estimate of drug-likeness (QED) is 0.360. The van der Waals surface area contributed by atoms with E-state index < -0.39 is 0 Å². The second kappa shape index (κ2) is 10.9. The van der Waals surface area contributed by atoms with Gasteiger partial charge in [0.15, 0.2) is 0 Å². The molecule has 0 spiro atoms. The molecule has 0 saturated heterocycles. The molecule has 5 N–H and O–H groups in total. The molecule has 0 aliphatic heterocycles. The van der Waals surface area contributed by atoms with E-state index in [2.05, 4.69) is 28.1 Å². The molecular weight excluding hydrogens is 428 g/mol. The summed E-state index contributed by atoms with van der Waals surface area (Å²) in [6.07, 6.45) is 3.92. The van der Waals surface area contributed by atoms with Gasteiger partial charge in [0.05, 0.1) is 17.4 Å². The fourth-order valence-electron chi connectivity index (χ4n) is 4.21. The van der Waals surface area contributed by atoms with Gasteiger partial charge in [0, 0.05) is 25.0 Å². The summed E-state index contributed by atoms with van der Waals surface area (Å²) in [4.78, 5) is 25.3. The highest BCUT2D eigenvalue weighted by molar-refractivity contribution is 6.05. The molecule has 1 aliphatic carbocycles. The molecule has 1 atom stereocenters. The number of urea groups is 1. The van der Waals surface area contributed by atoms with Crippen LogP contribution in [0.4, 0.5) is 21.9 Å². The largest absolute Gasteiger partial charge is 0.397 e. The molecule has 0 heterocycles. The fourth-order valence-corrected chi connectivity index (χ4v) is 4.21. The van der Waals surface area contributed by atoms with Gasteiger partial charge in [-0.1, -0.05) is 30.3 Å². The predicted octanol–water partition coefficient (Wildman–Crippen LogP) is 4.91. The van der Waals surface area contributed by atoms with Crippen LogP contribution in [0.15, 0.2) is 66.7 Å². The number of methoxy groups -OCH3 is 1. The number of para-hydroxylation sites is 2. The topological polar surface area (TPSA) is 105 Å². The molecule has 3 aromatic rings. The molecule has 1 unspecified atom stereocenters. The number of ether oxygens (including phenoxy) is 1. The summed E-state index contributed by atoms with van der Waals surface area (Å²) in [5, 5.41) is 8.80. The van der Waals surface area contributed by atoms with Crippen LogP contribution in [0, 0.1) is 0 Å². The number of nitrogens with two attached hydrogens (primary N) is 1. The maximum absolute atomic E-state index is 12.7. The van der Waals surface area contributed by atoms with Crippen molar-refractivity contribution >= 4 is 29.0 Å². The standard InChI is InChI=1S/C27H30N4O3/c1-34-16-15-24(31-27(33)29-22-14-13-18-5-4-6-21(18)17-22)19-9-11-20(12-10-19)26(32)30-25-8-3-2-7-23(25)28/h2-3,7-14,17,24H,4-6,15-16,28H2,1H3,(H,30,32)(H2,29,31,33). The monoisotopic (exact) mass is 458 g/mol. The highest BCUT2D eigenvalue weighted by atomic mass is 16.5. The van der Waals surface area contributed by atoms with Gasteiger partial charge < -0.3 is 26.4 Å². The third kappa shape index (κ3) is 5.74. The van der Waals surface area contributed by atoms with Crippen molar-refractivity contribution in [3.8, 4) is 0 Å². The van der Waals surface area contributed by atoms with Crippen LogP contribution in [0.5, 0.6) is 0 Å². The summed E-state index contributed by atoms with van der Waals surface area (Å²) < 4.78 is 5.24. The minimum atomic E-state index is -0.277. The average Bonchev–Trinajstić information content (AvgIpc) is 3.31. The molecular formula is C27H30N4O3. The summed E-state index contributed by atoms with van der Waals surface area (Å²) in [6.45, 7) is 0.485. The second-order valence-corrected chi connectivity index (χ2v) is 8.43. The Morgan fingerprint density at radius 2 is 1.74 bits per heavy atom. The number of carbonyl (C=O) groups excluding carboxylic acids is 2. The van der Waals surface area contributed by atoms with E-state index in [1.54, 1.807) is 31.4 Å². The highest BCUT2D eigenvalue weighted by Crippen LogP contribution is 2.25. The zero-order valence-electron chi connectivity index (χ0n) is 19.3. The first-order valence-corrected chi connectivity index (χ1v) is 11.5. The lowest BCUT2D eigenvalue weighted by molar-refractivity contribution is 0.102. The molecule has 0 fully saturated rings. The third-order valence-corrected chi connectivity index (χ3v) is 6.06. The number of rotatable bonds is 8. The van der Waals surface area contributed by atoms with Crippen molar-refractivity contribution in [2.75, 3.05) is 30.1 Å². The first-order valence-electron chi connectivity index (χ1n) is 11.5. The highest BCUT2D eigenvalue weighted by Gasteiger charge is 2.17. The maximum Gasteiger partial charge on any atom is 0.319 e. The number of benzene rings is 3. The van der Waals surface area contributed by atoms with Gasteiger partial charge in [-0.05, 0) is 78.8 Å². The molecule has 3 aromatic carbocycles. The van der Waals surface area contributed by atoms with Crippen molar-refractivity contribution in [2.45, 2.75) is 31.7 Å². The van der Waals surface area contributed by atoms with Crippen molar-refractivity contribution < 1.29 is 14.3 Å². The minimum Gasteiger partial charge on any atom is -0.397 e. The van der Waals surface area contributed by atoms with Crippen molar-refractivity contribution in [3.63, 3.8) is 0 Å². The van der Waals surface area contributed by atoms with Gasteiger partial charge in [0.2, 0.25) is 0 Å². The van der Waals surface area contributed by atoms with E-state index in [0.717, 1.165) is 30.5 Å². The Hall–Kier alpha value is -3.84. The van der Waals surface area contributed by atoms with Crippen LogP contribution in [0.1, 0.15) is 45.9 Å². The lowest BCUT2D eigenvalue weighted by Gasteiger charge is -2.20. The molecule has 3 amide bonds. The van der Waals surface area contributed by atoms with E-state index in [1.807, 2.05) is 30.3 Å². The van der Waals surface area contributed by atoms with Crippen LogP contribution in [0.25, 0.3) is 0 Å². The van der Waals surface area contributed by atoms with Gasteiger partial charge in [0.25, 0.3) is 5.91 Å². The Morgan fingerprint density at radius 3 is 2.50 bits per heavy atom. The predicted molar refractivity (Wildman–Crippen MR) is 135 cm³/mol. The Kier molecular flexibility index (Phi) is 7.44. The first kappa shape index (κ1) is 23.3. The number of carbonyl (C=O) groups is 2. The van der Waals surface area contributed by atoms with E-state index in [9.17, 15) is 9.59 Å². The first-order chi connectivity index (χ1) is 16.5. The van der Waals surface area contributed by atoms with E-state index in [4.69, 9.17) is 10.5 Å². The Morgan fingerprint density at radius 1 is 0.971 bits per heavy atom. The molecule has 7 heteroatoms. The molecule has 0 bridgehead atoms. The Labute approximate surface area is 199 Å². The van der Waals surface area contributed by atoms with Crippen LogP contribution >= 0.6 is 0 Å². The van der Waals surface area contributed by atoms with Crippen LogP contribution in [0.3, 0.4) is 0 Å². The molecule has 1 aliphatic rings. The SMILES string of the molecule is COCCC(NC(=O)Nc1ccc2c(c1)CCC2)c1ccc(C(=O)Nc2ccccc2N)cc1. The van der Waals surface area contributed by atoms with E-state index in [0.29, 0.717) is 30.0 Å². The zero-order valence-corrected chi connectivity index (χ0v) is 19.3.